The summed E-state index contributed by atoms with van der Waals surface area (Å²) in [5.74, 6) is 0.114. The molecule has 0 aliphatic carbocycles. The van der Waals surface area contributed by atoms with E-state index in [0.29, 0.717) is 0 Å². The number of methoxy groups -OCH3 is 2. The van der Waals surface area contributed by atoms with Crippen LogP contribution in [0.3, 0.4) is 0 Å². The van der Waals surface area contributed by atoms with Crippen LogP contribution in [0, 0.1) is 0 Å². The first kappa shape index (κ1) is 17.2. The molecule has 0 fully saturated rings. The summed E-state index contributed by atoms with van der Waals surface area (Å²) in [4.78, 5) is 0. The van der Waals surface area contributed by atoms with Crippen LogP contribution in [0.25, 0.3) is 0 Å². The van der Waals surface area contributed by atoms with Crippen LogP contribution >= 0.6 is 0 Å². The Hall–Kier alpha value is -1.86. The summed E-state index contributed by atoms with van der Waals surface area (Å²) in [6.45, 7) is 0. The van der Waals surface area contributed by atoms with Gasteiger partial charge >= 0.3 is 0 Å². The van der Waals surface area contributed by atoms with Crippen molar-refractivity contribution in [2.24, 2.45) is 0 Å². The van der Waals surface area contributed by atoms with Crippen molar-refractivity contribution in [3.8, 4) is 5.75 Å². The molecule has 0 spiro atoms. The molecule has 0 amide bonds. The van der Waals surface area contributed by atoms with E-state index in [4.69, 9.17) is 9.47 Å². The van der Waals surface area contributed by atoms with Gasteiger partial charge in [0.2, 0.25) is 0 Å². The minimum absolute atomic E-state index is 0.00667. The maximum atomic E-state index is 12.8. The van der Waals surface area contributed by atoms with Gasteiger partial charge in [-0.3, -0.25) is 0 Å². The zero-order valence-corrected chi connectivity index (χ0v) is 11.3. The van der Waals surface area contributed by atoms with E-state index in [0.717, 1.165) is 7.11 Å². The number of para-hydroxylation sites is 1. The molecule has 116 valence electrons. The molecule has 3 nitrogen and oxygen atoms in total. The van der Waals surface area contributed by atoms with Gasteiger partial charge in [0.25, 0.3) is 12.2 Å². The number of halogens is 4. The van der Waals surface area contributed by atoms with Crippen LogP contribution < -0.4 is 4.74 Å². The van der Waals surface area contributed by atoms with Crippen molar-refractivity contribution in [2.45, 2.75) is 11.7 Å². The van der Waals surface area contributed by atoms with Crippen molar-refractivity contribution in [1.82, 2.24) is 0 Å². The van der Waals surface area contributed by atoms with Crippen molar-refractivity contribution in [1.29, 1.82) is 0 Å². The van der Waals surface area contributed by atoms with Crippen molar-refractivity contribution in [3.63, 3.8) is 0 Å². The molecule has 1 aromatic carbocycles. The SMILES string of the molecule is COc1ccccc1C(C=C(F)F)(OC)C(O)C=C(F)F. The maximum Gasteiger partial charge on any atom is 0.269 e. The topological polar surface area (TPSA) is 38.7 Å². The van der Waals surface area contributed by atoms with E-state index in [-0.39, 0.29) is 23.5 Å². The summed E-state index contributed by atoms with van der Waals surface area (Å²) < 4.78 is 60.3. The van der Waals surface area contributed by atoms with Gasteiger partial charge in [-0.15, -0.1) is 0 Å². The molecular weight excluding hydrogens is 292 g/mol. The van der Waals surface area contributed by atoms with E-state index in [2.05, 4.69) is 0 Å². The minimum Gasteiger partial charge on any atom is -0.496 e. The van der Waals surface area contributed by atoms with Gasteiger partial charge in [-0.05, 0) is 6.07 Å². The number of hydrogen-bond acceptors (Lipinski definition) is 3. The Morgan fingerprint density at radius 2 is 1.76 bits per heavy atom. The molecule has 21 heavy (non-hydrogen) atoms. The predicted octanol–water partition coefficient (Wildman–Crippen LogP) is 3.46. The Kier molecular flexibility index (Phi) is 5.92. The van der Waals surface area contributed by atoms with Crippen molar-refractivity contribution in [2.75, 3.05) is 14.2 Å². The highest BCUT2D eigenvalue weighted by Gasteiger charge is 2.41. The highest BCUT2D eigenvalue weighted by Crippen LogP contribution is 2.39. The number of rotatable bonds is 6. The van der Waals surface area contributed by atoms with Crippen LogP contribution in [0.5, 0.6) is 5.75 Å². The fourth-order valence-electron chi connectivity index (χ4n) is 1.98. The summed E-state index contributed by atoms with van der Waals surface area (Å²) in [6.07, 6.45) is -6.03. The molecule has 0 aliphatic heterocycles. The van der Waals surface area contributed by atoms with Crippen LogP contribution in [0.1, 0.15) is 5.56 Å². The molecule has 0 saturated heterocycles. The van der Waals surface area contributed by atoms with E-state index in [1.807, 2.05) is 0 Å². The first-order valence-corrected chi connectivity index (χ1v) is 5.80. The zero-order valence-electron chi connectivity index (χ0n) is 11.3. The summed E-state index contributed by atoms with van der Waals surface area (Å²) in [7, 11) is 2.31. The van der Waals surface area contributed by atoms with Gasteiger partial charge in [0, 0.05) is 24.8 Å². The molecule has 0 heterocycles. The number of aliphatic hydroxyl groups is 1. The number of ether oxygens (including phenoxy) is 2. The number of hydrogen-bond donors (Lipinski definition) is 1. The number of benzene rings is 1. The Morgan fingerprint density at radius 3 is 2.24 bits per heavy atom. The Bertz CT molecular complexity index is 537. The van der Waals surface area contributed by atoms with Gasteiger partial charge < -0.3 is 14.6 Å². The first-order valence-electron chi connectivity index (χ1n) is 5.80. The molecule has 2 atom stereocenters. The quantitative estimate of drug-likeness (QED) is 0.818. The smallest absolute Gasteiger partial charge is 0.269 e. The average Bonchev–Trinajstić information content (AvgIpc) is 2.43. The second-order valence-corrected chi connectivity index (χ2v) is 4.03. The molecule has 0 saturated carbocycles. The van der Waals surface area contributed by atoms with Crippen LogP contribution in [0.2, 0.25) is 0 Å². The molecule has 7 heteroatoms. The predicted molar refractivity (Wildman–Crippen MR) is 68.3 cm³/mol. The third-order valence-electron chi connectivity index (χ3n) is 2.91. The Morgan fingerprint density at radius 1 is 1.14 bits per heavy atom. The van der Waals surface area contributed by atoms with E-state index < -0.39 is 23.9 Å². The van der Waals surface area contributed by atoms with Crippen LogP contribution in [0.15, 0.2) is 48.6 Å². The van der Waals surface area contributed by atoms with Crippen LogP contribution in [-0.4, -0.2) is 25.4 Å². The second-order valence-electron chi connectivity index (χ2n) is 4.03. The third kappa shape index (κ3) is 3.83. The largest absolute Gasteiger partial charge is 0.496 e. The molecule has 0 aromatic heterocycles. The van der Waals surface area contributed by atoms with E-state index in [9.17, 15) is 22.7 Å². The summed E-state index contributed by atoms with van der Waals surface area (Å²) in [5, 5.41) is 9.94. The summed E-state index contributed by atoms with van der Waals surface area (Å²) in [6, 6.07) is 5.83. The maximum absolute atomic E-state index is 12.8. The monoisotopic (exact) mass is 306 g/mol. The fraction of sp³-hybridized carbons (Fsp3) is 0.286. The molecule has 1 N–H and O–H groups in total. The Labute approximate surface area is 119 Å². The van der Waals surface area contributed by atoms with E-state index in [1.165, 1.54) is 25.3 Å². The van der Waals surface area contributed by atoms with Crippen LogP contribution in [0.4, 0.5) is 17.6 Å². The molecule has 0 bridgehead atoms. The zero-order chi connectivity index (χ0) is 16.0. The molecular formula is C14H14F4O3. The highest BCUT2D eigenvalue weighted by atomic mass is 19.3. The van der Waals surface area contributed by atoms with Crippen molar-refractivity contribution in [3.05, 3.63) is 54.1 Å². The van der Waals surface area contributed by atoms with Crippen LogP contribution in [-0.2, 0) is 10.3 Å². The normalized spacial score (nSPS) is 14.8. The highest BCUT2D eigenvalue weighted by molar-refractivity contribution is 5.43. The number of aliphatic hydroxyl groups excluding tert-OH is 1. The Balaban J connectivity index is 3.57. The van der Waals surface area contributed by atoms with Gasteiger partial charge in [-0.25, -0.2) is 0 Å². The van der Waals surface area contributed by atoms with Crippen molar-refractivity contribution >= 4 is 0 Å². The molecule has 0 aliphatic rings. The van der Waals surface area contributed by atoms with E-state index >= 15 is 0 Å². The lowest BCUT2D eigenvalue weighted by Crippen LogP contribution is -2.39. The van der Waals surface area contributed by atoms with Gasteiger partial charge in [0.05, 0.1) is 7.11 Å². The third-order valence-corrected chi connectivity index (χ3v) is 2.91. The molecule has 1 aromatic rings. The average molecular weight is 306 g/mol. The second kappa shape index (κ2) is 7.24. The molecule has 1 rings (SSSR count). The lowest BCUT2D eigenvalue weighted by atomic mass is 9.86. The lowest BCUT2D eigenvalue weighted by molar-refractivity contribution is -0.0575. The standard InChI is InChI=1S/C14H14F4O3/c1-20-10-6-4-3-5-9(10)14(21-2,8-13(17)18)11(19)7-12(15)16/h3-8,11,19H,1-2H3. The van der Waals surface area contributed by atoms with E-state index in [1.54, 1.807) is 6.07 Å². The molecule has 0 radical (unpaired) electrons. The molecule has 2 unspecified atom stereocenters. The van der Waals surface area contributed by atoms with Crippen molar-refractivity contribution < 1.29 is 32.1 Å². The van der Waals surface area contributed by atoms with Gasteiger partial charge in [-0.2, -0.15) is 17.6 Å². The van der Waals surface area contributed by atoms with Gasteiger partial charge in [0.1, 0.15) is 17.5 Å². The van der Waals surface area contributed by atoms with Gasteiger partial charge in [-0.1, -0.05) is 18.2 Å². The fourth-order valence-corrected chi connectivity index (χ4v) is 1.98. The van der Waals surface area contributed by atoms with Gasteiger partial charge in [0.15, 0.2) is 0 Å². The lowest BCUT2D eigenvalue weighted by Gasteiger charge is -2.33. The summed E-state index contributed by atoms with van der Waals surface area (Å²) in [5.41, 5.74) is -2.21. The minimum atomic E-state index is -2.22. The first-order chi connectivity index (χ1) is 9.87. The summed E-state index contributed by atoms with van der Waals surface area (Å²) >= 11 is 0.